The number of hydrogen-bond donors (Lipinski definition) is 3. The zero-order valence-electron chi connectivity index (χ0n) is 34.9. The summed E-state index contributed by atoms with van der Waals surface area (Å²) >= 11 is 6.01. The summed E-state index contributed by atoms with van der Waals surface area (Å²) in [5.41, 5.74) is 2.03. The summed E-state index contributed by atoms with van der Waals surface area (Å²) in [5.74, 6) is -0.427. The molecule has 4 aromatic heterocycles. The molecule has 0 saturated carbocycles. The lowest BCUT2D eigenvalue weighted by molar-refractivity contribution is -0.0559. The summed E-state index contributed by atoms with van der Waals surface area (Å²) in [5, 5.41) is 13.1. The van der Waals surface area contributed by atoms with E-state index in [0.717, 1.165) is 6.33 Å². The molecule has 2 aliphatic heterocycles. The number of alkyl halides is 1. The van der Waals surface area contributed by atoms with E-state index in [1.54, 1.807) is 41.8 Å². The van der Waals surface area contributed by atoms with Gasteiger partial charge in [-0.15, -0.1) is 9.42 Å². The summed E-state index contributed by atoms with van der Waals surface area (Å²) in [7, 11) is -6.00. The molecule has 21 nitrogen and oxygen atoms in total. The molecule has 336 valence electrons. The Morgan fingerprint density at radius 3 is 2.30 bits per heavy atom. The van der Waals surface area contributed by atoms with Gasteiger partial charge >= 0.3 is 15.0 Å². The number of nitrogens with zero attached hydrogens (tertiary/aromatic N) is 9. The normalized spacial score (nSPS) is 25.3. The summed E-state index contributed by atoms with van der Waals surface area (Å²) in [6.07, 6.45) is -5.63. The fourth-order valence-corrected chi connectivity index (χ4v) is 10.6. The van der Waals surface area contributed by atoms with Crippen LogP contribution in [0.1, 0.15) is 49.3 Å². The van der Waals surface area contributed by atoms with Crippen molar-refractivity contribution in [2.45, 2.75) is 95.0 Å². The van der Waals surface area contributed by atoms with Crippen LogP contribution in [0.5, 0.6) is 0 Å². The Labute approximate surface area is 367 Å². The number of hydrogen-bond acceptors (Lipinski definition) is 17. The molecule has 10 atom stereocenters. The van der Waals surface area contributed by atoms with Gasteiger partial charge in [-0.3, -0.25) is 18.5 Å². The molecule has 26 heteroatoms. The monoisotopic (exact) mass is 947 g/mol. The van der Waals surface area contributed by atoms with Crippen LogP contribution in [0.25, 0.3) is 27.2 Å². The zero-order chi connectivity index (χ0) is 45.3. The van der Waals surface area contributed by atoms with Crippen LogP contribution in [0.3, 0.4) is 0 Å². The number of carbonyl (C=O) groups is 1. The van der Waals surface area contributed by atoms with Crippen LogP contribution >= 0.6 is 15.0 Å². The van der Waals surface area contributed by atoms with E-state index in [1.807, 2.05) is 33.9 Å². The molecule has 7 rings (SSSR count). The van der Waals surface area contributed by atoms with E-state index in [0.29, 0.717) is 22.4 Å². The number of nitrogens with one attached hydrogen (secondary N) is 1. The van der Waals surface area contributed by atoms with E-state index in [4.69, 9.17) is 50.4 Å². The maximum atomic E-state index is 16.5. The van der Waals surface area contributed by atoms with Gasteiger partial charge in [0, 0.05) is 10.1 Å². The Kier molecular flexibility index (Phi) is 14.2. The molecule has 2 unspecified atom stereocenters. The average Bonchev–Trinajstić information content (AvgIpc) is 4.02. The smallest absolute Gasteiger partial charge is 0.408 e. The zero-order valence-corrected chi connectivity index (χ0v) is 38.5. The third-order valence-corrected chi connectivity index (χ3v) is 18.3. The van der Waals surface area contributed by atoms with Crippen LogP contribution in [-0.4, -0.2) is 126 Å². The third kappa shape index (κ3) is 9.91. The Morgan fingerprint density at radius 1 is 0.984 bits per heavy atom. The summed E-state index contributed by atoms with van der Waals surface area (Å²) < 4.78 is 75.1. The molecule has 1 amide bonds. The highest BCUT2D eigenvalue weighted by Crippen LogP contribution is 2.56. The minimum absolute atomic E-state index is 0.0428. The fourth-order valence-electron chi connectivity index (χ4n) is 6.80. The Hall–Kier alpha value is -4.18. The molecule has 6 heterocycles. The first kappa shape index (κ1) is 46.8. The van der Waals surface area contributed by atoms with Crippen molar-refractivity contribution < 1.29 is 55.7 Å². The summed E-state index contributed by atoms with van der Waals surface area (Å²) in [6.45, 7) is 13.9. The van der Waals surface area contributed by atoms with Crippen molar-refractivity contribution in [3.05, 3.63) is 78.3 Å². The minimum atomic E-state index is -4.06. The van der Waals surface area contributed by atoms with Crippen molar-refractivity contribution in [3.63, 3.8) is 0 Å². The number of anilines is 1. The highest BCUT2D eigenvalue weighted by atomic mass is 32.5. The number of rotatable bonds is 17. The summed E-state index contributed by atoms with van der Waals surface area (Å²) in [6, 6.07) is 8.40. The number of aliphatic hydroxyl groups excluding tert-OH is 1. The van der Waals surface area contributed by atoms with Gasteiger partial charge in [-0.05, 0) is 49.0 Å². The van der Waals surface area contributed by atoms with Gasteiger partial charge in [-0.1, -0.05) is 39.0 Å². The summed E-state index contributed by atoms with van der Waals surface area (Å²) in [4.78, 5) is 52.1. The average molecular weight is 948 g/mol. The fraction of sp³-hybridized carbons (Fsp3) is 0.514. The van der Waals surface area contributed by atoms with Crippen LogP contribution < -0.4 is 5.32 Å². The van der Waals surface area contributed by atoms with Crippen molar-refractivity contribution in [1.29, 1.82) is 0 Å². The maximum Gasteiger partial charge on any atom is 0.695 e. The second kappa shape index (κ2) is 19.1. The van der Waals surface area contributed by atoms with Gasteiger partial charge in [0.2, 0.25) is 6.54 Å². The molecule has 2 fully saturated rings. The number of benzene rings is 1. The molecule has 2 saturated heterocycles. The number of aromatic nitrogens is 8. The number of amides is 1. The predicted molar refractivity (Wildman–Crippen MR) is 229 cm³/mol. The second-order valence-corrected chi connectivity index (χ2v) is 24.5. The van der Waals surface area contributed by atoms with Gasteiger partial charge in [0.25, 0.3) is 5.91 Å². The molecule has 1 aromatic carbocycles. The van der Waals surface area contributed by atoms with Crippen molar-refractivity contribution in [3.8, 4) is 0 Å². The van der Waals surface area contributed by atoms with Crippen LogP contribution in [-0.2, 0) is 48.4 Å². The number of ether oxygens (including phenoxy) is 2. The van der Waals surface area contributed by atoms with E-state index >= 15 is 4.39 Å². The minimum Gasteiger partial charge on any atom is -0.408 e. The van der Waals surface area contributed by atoms with Crippen molar-refractivity contribution in [2.75, 3.05) is 31.7 Å². The van der Waals surface area contributed by atoms with E-state index < -0.39 is 91.6 Å². The Balaban J connectivity index is 1.19. The third-order valence-electron chi connectivity index (χ3n) is 11.0. The van der Waals surface area contributed by atoms with Gasteiger partial charge in [0.05, 0.1) is 31.6 Å². The van der Waals surface area contributed by atoms with Crippen LogP contribution in [0, 0.1) is 13.5 Å². The number of fused-ring (bicyclic) bond motifs is 2. The van der Waals surface area contributed by atoms with E-state index in [9.17, 15) is 19.4 Å². The van der Waals surface area contributed by atoms with E-state index in [2.05, 4.69) is 40.1 Å². The van der Waals surface area contributed by atoms with Crippen molar-refractivity contribution >= 4 is 69.2 Å². The molecule has 5 aromatic rings. The lowest BCUT2D eigenvalue weighted by Crippen LogP contribution is -2.50. The first-order valence-electron chi connectivity index (χ1n) is 19.6. The van der Waals surface area contributed by atoms with E-state index in [1.165, 1.54) is 23.5 Å². The molecule has 0 bridgehead atoms. The number of aliphatic hydroxyl groups is 1. The molecule has 0 radical (unpaired) electrons. The number of imidazole rings is 2. The number of halogens is 1. The molecular formula is C37H46FN10O11P2SSi+. The highest BCUT2D eigenvalue weighted by molar-refractivity contribution is 8.07. The Morgan fingerprint density at radius 2 is 1.63 bits per heavy atom. The van der Waals surface area contributed by atoms with Gasteiger partial charge in [-0.2, -0.15) is 0 Å². The maximum absolute atomic E-state index is 16.5. The molecule has 3 N–H and O–H groups in total. The Bertz CT molecular complexity index is 2550. The van der Waals surface area contributed by atoms with Crippen LogP contribution in [0.15, 0.2) is 55.6 Å². The topological polar surface area (TPSA) is 243 Å². The van der Waals surface area contributed by atoms with Gasteiger partial charge in [0.1, 0.15) is 49.2 Å². The molecule has 0 spiro atoms. The molecular weight excluding hydrogens is 902 g/mol. The van der Waals surface area contributed by atoms with Gasteiger partial charge in [0.15, 0.2) is 55.7 Å². The van der Waals surface area contributed by atoms with Crippen LogP contribution in [0.2, 0.25) is 18.1 Å². The SMILES string of the molecule is [C-]#[N+]CCOP(=S)(OC[C@H]1O[C@@H](n2cnc3c(NC(=O)c4ccccc4)ncnc32)[C@H](F)[C@@H]1O[P+](=O)O)O[C@@H]1[C@H](O[Si](C)(C)C(C)(C)C)[C@@H](CO)O[C@H]1n1cnc2c(C)ncnc21. The van der Waals surface area contributed by atoms with Crippen molar-refractivity contribution in [1.82, 2.24) is 39.0 Å². The molecule has 2 aliphatic rings. The number of aryl methyl sites for hydroxylation is 1. The lowest BCUT2D eigenvalue weighted by atomic mass is 10.1. The largest absolute Gasteiger partial charge is 0.695 e. The van der Waals surface area contributed by atoms with E-state index in [-0.39, 0.29) is 35.2 Å². The number of carbonyl (C=O) groups excluding carboxylic acids is 1. The predicted octanol–water partition coefficient (Wildman–Crippen LogP) is 5.34. The lowest BCUT2D eigenvalue weighted by Gasteiger charge is -2.41. The van der Waals surface area contributed by atoms with Crippen LogP contribution in [0.4, 0.5) is 10.2 Å². The molecule has 63 heavy (non-hydrogen) atoms. The van der Waals surface area contributed by atoms with Gasteiger partial charge in [-0.25, -0.2) is 40.9 Å². The highest BCUT2D eigenvalue weighted by Gasteiger charge is 2.55. The second-order valence-electron chi connectivity index (χ2n) is 16.1. The standard InChI is InChI=1S/C37H45FN10O11P2SSi/c1-21-26-32(42-17-40-21)48(19-44-26)36-30(29(23(15-49)55-36)59-63(6,7)37(2,3)4)58-61(62,53-14-13-39-5)54-16-24-28(57-60(51)52)25(38)35(56-24)47-20-45-27-31(41-18-43-33(27)47)46-34(50)22-11-9-8-10-12-22/h8-12,17-20,23-25,28-30,35-36,49H,13-16H2,1-4,6-7H3,(H-,41,43,46,50,51,52)/p+1/t23-,24-,25-,28-,29-,30-,35-,36-,61?/m1/s1. The quantitative estimate of drug-likeness (QED) is 0.0461. The molecule has 0 aliphatic carbocycles. The first-order chi connectivity index (χ1) is 29.9. The first-order valence-corrected chi connectivity index (χ1v) is 26.2. The van der Waals surface area contributed by atoms with Crippen molar-refractivity contribution in [2.24, 2.45) is 0 Å². The van der Waals surface area contributed by atoms with Gasteiger partial charge < -0.3 is 38.2 Å².